The molecule has 2 N–H and O–H groups in total. The molecule has 1 unspecified atom stereocenters. The minimum absolute atomic E-state index is 0.181. The third-order valence-electron chi connectivity index (χ3n) is 2.41. The Kier molecular flexibility index (Phi) is 4.78. The summed E-state index contributed by atoms with van der Waals surface area (Å²) in [5.74, 6) is -0.917. The number of nitrogens with one attached hydrogen (secondary N) is 1. The Hall–Kier alpha value is -1.05. The van der Waals surface area contributed by atoms with Gasteiger partial charge < -0.3 is 5.11 Å². The summed E-state index contributed by atoms with van der Waals surface area (Å²) in [6.45, 7) is 3.22. The highest BCUT2D eigenvalue weighted by Crippen LogP contribution is 2.13. The number of rotatable bonds is 6. The van der Waals surface area contributed by atoms with E-state index in [2.05, 4.69) is 9.71 Å². The quantitative estimate of drug-likeness (QED) is 0.814. The molecule has 0 saturated carbocycles. The van der Waals surface area contributed by atoms with Gasteiger partial charge in [-0.15, -0.1) is 0 Å². The topological polar surface area (TPSA) is 79.3 Å². The van der Waals surface area contributed by atoms with Crippen molar-refractivity contribution in [1.29, 1.82) is 0 Å². The number of hydrogen-bond donors (Lipinski definition) is 2. The standard InChI is InChI=1S/C11H17FN2O3S/c1-3-6-11(2,15)8-14-18(16,17)10-9(12)5-4-7-13-10/h4-5,7,14-15H,3,6,8H2,1-2H3. The van der Waals surface area contributed by atoms with Gasteiger partial charge in [0.2, 0.25) is 5.03 Å². The second-order valence-electron chi connectivity index (χ2n) is 4.36. The zero-order valence-electron chi connectivity index (χ0n) is 10.4. The van der Waals surface area contributed by atoms with Gasteiger partial charge in [0.1, 0.15) is 0 Å². The van der Waals surface area contributed by atoms with Crippen LogP contribution in [0.3, 0.4) is 0 Å². The first-order chi connectivity index (χ1) is 8.28. The second kappa shape index (κ2) is 5.73. The molecule has 0 amide bonds. The molecule has 1 aromatic rings. The maximum absolute atomic E-state index is 13.3. The van der Waals surface area contributed by atoms with Crippen molar-refractivity contribution in [3.8, 4) is 0 Å². The summed E-state index contributed by atoms with van der Waals surface area (Å²) >= 11 is 0. The summed E-state index contributed by atoms with van der Waals surface area (Å²) in [7, 11) is -4.04. The molecule has 0 aliphatic heterocycles. The van der Waals surface area contributed by atoms with Gasteiger partial charge in [0.15, 0.2) is 5.82 Å². The van der Waals surface area contributed by atoms with Crippen molar-refractivity contribution in [3.05, 3.63) is 24.1 Å². The highest BCUT2D eigenvalue weighted by atomic mass is 32.2. The van der Waals surface area contributed by atoms with Gasteiger partial charge in [-0.05, 0) is 25.5 Å². The molecule has 0 fully saturated rings. The number of sulfonamides is 1. The fourth-order valence-electron chi connectivity index (χ4n) is 1.51. The first-order valence-electron chi connectivity index (χ1n) is 5.61. The van der Waals surface area contributed by atoms with Crippen molar-refractivity contribution in [2.75, 3.05) is 6.54 Å². The van der Waals surface area contributed by atoms with Crippen LogP contribution in [0.2, 0.25) is 0 Å². The summed E-state index contributed by atoms with van der Waals surface area (Å²) < 4.78 is 39.0. The van der Waals surface area contributed by atoms with E-state index in [9.17, 15) is 17.9 Å². The summed E-state index contributed by atoms with van der Waals surface area (Å²) in [4.78, 5) is 3.49. The lowest BCUT2D eigenvalue weighted by Crippen LogP contribution is -2.40. The SMILES string of the molecule is CCCC(C)(O)CNS(=O)(=O)c1ncccc1F. The molecule has 5 nitrogen and oxygen atoms in total. The first-order valence-corrected chi connectivity index (χ1v) is 7.09. The third-order valence-corrected chi connectivity index (χ3v) is 3.74. The predicted octanol–water partition coefficient (Wildman–Crippen LogP) is 1.05. The fraction of sp³-hybridized carbons (Fsp3) is 0.545. The lowest BCUT2D eigenvalue weighted by molar-refractivity contribution is 0.0554. The van der Waals surface area contributed by atoms with Crippen molar-refractivity contribution in [2.24, 2.45) is 0 Å². The molecule has 0 aromatic carbocycles. The van der Waals surface area contributed by atoms with Gasteiger partial charge in [-0.1, -0.05) is 13.3 Å². The van der Waals surface area contributed by atoms with Crippen molar-refractivity contribution < 1.29 is 17.9 Å². The van der Waals surface area contributed by atoms with E-state index in [1.807, 2.05) is 6.92 Å². The molecule has 0 bridgehead atoms. The van der Waals surface area contributed by atoms with E-state index in [0.717, 1.165) is 6.07 Å². The Morgan fingerprint density at radius 2 is 2.22 bits per heavy atom. The Morgan fingerprint density at radius 3 is 2.78 bits per heavy atom. The van der Waals surface area contributed by atoms with Crippen LogP contribution in [-0.2, 0) is 10.0 Å². The van der Waals surface area contributed by atoms with Crippen LogP contribution in [-0.4, -0.2) is 30.7 Å². The normalized spacial score (nSPS) is 15.3. The largest absolute Gasteiger partial charge is 0.389 e. The molecule has 1 atom stereocenters. The number of aromatic nitrogens is 1. The van der Waals surface area contributed by atoms with Crippen LogP contribution in [0.4, 0.5) is 4.39 Å². The lowest BCUT2D eigenvalue weighted by Gasteiger charge is -2.22. The van der Waals surface area contributed by atoms with Crippen molar-refractivity contribution in [2.45, 2.75) is 37.3 Å². The maximum Gasteiger partial charge on any atom is 0.261 e. The van der Waals surface area contributed by atoms with E-state index in [0.29, 0.717) is 12.8 Å². The smallest absolute Gasteiger partial charge is 0.261 e. The van der Waals surface area contributed by atoms with Gasteiger partial charge in [0.05, 0.1) is 5.60 Å². The van der Waals surface area contributed by atoms with E-state index in [-0.39, 0.29) is 6.54 Å². The van der Waals surface area contributed by atoms with Gasteiger partial charge in [-0.25, -0.2) is 22.5 Å². The molecule has 0 aliphatic rings. The van der Waals surface area contributed by atoms with Crippen LogP contribution in [0.25, 0.3) is 0 Å². The minimum Gasteiger partial charge on any atom is -0.389 e. The zero-order chi connectivity index (χ0) is 13.8. The average Bonchev–Trinajstić information content (AvgIpc) is 2.27. The lowest BCUT2D eigenvalue weighted by atomic mass is 10.0. The van der Waals surface area contributed by atoms with Gasteiger partial charge in [-0.2, -0.15) is 0 Å². The zero-order valence-corrected chi connectivity index (χ0v) is 11.2. The van der Waals surface area contributed by atoms with Crippen LogP contribution in [0, 0.1) is 5.82 Å². The van der Waals surface area contributed by atoms with Gasteiger partial charge in [0.25, 0.3) is 10.0 Å². The van der Waals surface area contributed by atoms with Crippen molar-refractivity contribution in [1.82, 2.24) is 9.71 Å². The summed E-state index contributed by atoms with van der Waals surface area (Å²) in [6, 6.07) is 2.33. The van der Waals surface area contributed by atoms with Crippen molar-refractivity contribution in [3.63, 3.8) is 0 Å². The molecular weight excluding hydrogens is 259 g/mol. The maximum atomic E-state index is 13.3. The van der Waals surface area contributed by atoms with Crippen LogP contribution in [0.1, 0.15) is 26.7 Å². The number of aliphatic hydroxyl groups is 1. The van der Waals surface area contributed by atoms with E-state index >= 15 is 0 Å². The van der Waals surface area contributed by atoms with Gasteiger partial charge in [0, 0.05) is 12.7 Å². The van der Waals surface area contributed by atoms with Crippen molar-refractivity contribution >= 4 is 10.0 Å². The van der Waals surface area contributed by atoms with E-state index in [1.165, 1.54) is 19.2 Å². The molecule has 0 radical (unpaired) electrons. The van der Waals surface area contributed by atoms with Gasteiger partial charge >= 0.3 is 0 Å². The number of pyridine rings is 1. The van der Waals surface area contributed by atoms with Crippen LogP contribution in [0.5, 0.6) is 0 Å². The first kappa shape index (κ1) is 15.0. The highest BCUT2D eigenvalue weighted by Gasteiger charge is 2.25. The Morgan fingerprint density at radius 1 is 1.56 bits per heavy atom. The van der Waals surface area contributed by atoms with Crippen LogP contribution < -0.4 is 4.72 Å². The molecule has 1 aromatic heterocycles. The Bertz CT molecular complexity index is 503. The predicted molar refractivity (Wildman–Crippen MR) is 64.9 cm³/mol. The molecule has 18 heavy (non-hydrogen) atoms. The molecule has 0 aliphatic carbocycles. The molecule has 1 heterocycles. The minimum atomic E-state index is -4.04. The van der Waals surface area contributed by atoms with Gasteiger partial charge in [-0.3, -0.25) is 0 Å². The summed E-state index contributed by atoms with van der Waals surface area (Å²) in [5, 5.41) is 9.20. The van der Waals surface area contributed by atoms with E-state index in [1.54, 1.807) is 0 Å². The molecule has 0 saturated heterocycles. The molecule has 0 spiro atoms. The molecule has 7 heteroatoms. The Labute approximate surface area is 106 Å². The average molecular weight is 276 g/mol. The van der Waals surface area contributed by atoms with Crippen LogP contribution >= 0.6 is 0 Å². The highest BCUT2D eigenvalue weighted by molar-refractivity contribution is 7.89. The Balaban J connectivity index is 2.81. The summed E-state index contributed by atoms with van der Waals surface area (Å²) in [6.07, 6.45) is 2.36. The molecular formula is C11H17FN2O3S. The van der Waals surface area contributed by atoms with Crippen LogP contribution in [0.15, 0.2) is 23.4 Å². The summed E-state index contributed by atoms with van der Waals surface area (Å²) in [5.41, 5.74) is -1.16. The number of hydrogen-bond acceptors (Lipinski definition) is 4. The third kappa shape index (κ3) is 4.01. The second-order valence-corrected chi connectivity index (χ2v) is 6.04. The number of nitrogens with zero attached hydrogens (tertiary/aromatic N) is 1. The monoisotopic (exact) mass is 276 g/mol. The van der Waals surface area contributed by atoms with E-state index in [4.69, 9.17) is 0 Å². The number of halogens is 1. The van der Waals surface area contributed by atoms with E-state index < -0.39 is 26.5 Å². The molecule has 1 rings (SSSR count). The molecule has 102 valence electrons. The fourth-order valence-corrected chi connectivity index (χ4v) is 2.68.